The minimum atomic E-state index is -0.146. The van der Waals surface area contributed by atoms with Crippen LogP contribution in [0, 0.1) is 0 Å². The van der Waals surface area contributed by atoms with Gasteiger partial charge in [0.05, 0.1) is 12.1 Å². The van der Waals surface area contributed by atoms with Crippen molar-refractivity contribution in [3.05, 3.63) is 71.9 Å². The Morgan fingerprint density at radius 3 is 2.78 bits per heavy atom. The average Bonchev–Trinajstić information content (AvgIpc) is 3.14. The number of para-hydroxylation sites is 1. The smallest absolute Gasteiger partial charge is 0.252 e. The Labute approximate surface area is 138 Å². The second-order valence-corrected chi connectivity index (χ2v) is 5.80. The zero-order valence-electron chi connectivity index (χ0n) is 12.4. The van der Waals surface area contributed by atoms with Crippen LogP contribution in [0.15, 0.2) is 66.3 Å². The predicted octanol–water partition coefficient (Wildman–Crippen LogP) is 3.62. The molecule has 0 unspecified atom stereocenters. The summed E-state index contributed by atoms with van der Waals surface area (Å²) in [6.07, 6.45) is 3.34. The fraction of sp³-hybridized carbons (Fsp3) is 0.111. The molecule has 0 aliphatic heterocycles. The molecule has 0 saturated heterocycles. The van der Waals surface area contributed by atoms with E-state index in [0.29, 0.717) is 18.7 Å². The molecule has 3 aromatic rings. The minimum absolute atomic E-state index is 0.146. The van der Waals surface area contributed by atoms with Crippen LogP contribution in [0.25, 0.3) is 10.4 Å². The first-order valence-electron chi connectivity index (χ1n) is 7.28. The highest BCUT2D eigenvalue weighted by atomic mass is 32.1. The quantitative estimate of drug-likeness (QED) is 0.705. The summed E-state index contributed by atoms with van der Waals surface area (Å²) in [4.78, 5) is 17.4. The lowest BCUT2D eigenvalue weighted by atomic mass is 10.1. The summed E-state index contributed by atoms with van der Waals surface area (Å²) in [7, 11) is 0. The van der Waals surface area contributed by atoms with Crippen molar-refractivity contribution in [2.45, 2.75) is 0 Å². The SMILES string of the molecule is O=C(NCCOc1ccccc1)c1cncc(-c2cccs2)c1. The molecule has 23 heavy (non-hydrogen) atoms. The standard InChI is InChI=1S/C18H16N2O2S/c21-18(20-8-9-22-16-5-2-1-3-6-16)15-11-14(12-19-13-15)17-7-4-10-23-17/h1-7,10-13H,8-9H2,(H,20,21). The van der Waals surface area contributed by atoms with Gasteiger partial charge in [-0.05, 0) is 29.6 Å². The van der Waals surface area contributed by atoms with Crippen LogP contribution in [0.3, 0.4) is 0 Å². The number of thiophene rings is 1. The molecule has 3 rings (SSSR count). The van der Waals surface area contributed by atoms with Gasteiger partial charge in [-0.2, -0.15) is 0 Å². The van der Waals surface area contributed by atoms with Crippen molar-refractivity contribution in [3.8, 4) is 16.2 Å². The predicted molar refractivity (Wildman–Crippen MR) is 91.8 cm³/mol. The van der Waals surface area contributed by atoms with E-state index in [1.807, 2.05) is 53.9 Å². The van der Waals surface area contributed by atoms with Crippen molar-refractivity contribution in [3.63, 3.8) is 0 Å². The van der Waals surface area contributed by atoms with Crippen molar-refractivity contribution in [1.82, 2.24) is 10.3 Å². The van der Waals surface area contributed by atoms with Gasteiger partial charge in [-0.1, -0.05) is 24.3 Å². The summed E-state index contributed by atoms with van der Waals surface area (Å²) in [5.74, 6) is 0.649. The second-order valence-electron chi connectivity index (χ2n) is 4.86. The van der Waals surface area contributed by atoms with E-state index in [2.05, 4.69) is 10.3 Å². The largest absolute Gasteiger partial charge is 0.492 e. The molecule has 4 nitrogen and oxygen atoms in total. The van der Waals surface area contributed by atoms with Crippen molar-refractivity contribution >= 4 is 17.2 Å². The van der Waals surface area contributed by atoms with Gasteiger partial charge in [0.1, 0.15) is 12.4 Å². The molecule has 2 heterocycles. The molecule has 0 saturated carbocycles. The summed E-state index contributed by atoms with van der Waals surface area (Å²) < 4.78 is 5.55. The Morgan fingerprint density at radius 2 is 2.00 bits per heavy atom. The van der Waals surface area contributed by atoms with Crippen LogP contribution in [-0.4, -0.2) is 24.0 Å². The number of hydrogen-bond donors (Lipinski definition) is 1. The molecule has 0 aliphatic rings. The average molecular weight is 324 g/mol. The van der Waals surface area contributed by atoms with E-state index in [9.17, 15) is 4.79 Å². The van der Waals surface area contributed by atoms with Gasteiger partial charge in [0.25, 0.3) is 5.91 Å². The maximum atomic E-state index is 12.2. The molecule has 0 bridgehead atoms. The third kappa shape index (κ3) is 4.17. The van der Waals surface area contributed by atoms with E-state index in [-0.39, 0.29) is 5.91 Å². The van der Waals surface area contributed by atoms with E-state index in [1.54, 1.807) is 23.7 Å². The van der Waals surface area contributed by atoms with Gasteiger partial charge in [0.15, 0.2) is 0 Å². The summed E-state index contributed by atoms with van der Waals surface area (Å²) in [6.45, 7) is 0.866. The molecule has 1 aromatic carbocycles. The Balaban J connectivity index is 1.53. The van der Waals surface area contributed by atoms with Crippen LogP contribution in [-0.2, 0) is 0 Å². The first-order chi connectivity index (χ1) is 11.3. The number of carbonyl (C=O) groups is 1. The Bertz CT molecular complexity index is 758. The van der Waals surface area contributed by atoms with Crippen LogP contribution in [0.4, 0.5) is 0 Å². The lowest BCUT2D eigenvalue weighted by molar-refractivity contribution is 0.0946. The molecule has 0 aliphatic carbocycles. The van der Waals surface area contributed by atoms with Crippen LogP contribution >= 0.6 is 11.3 Å². The molecular formula is C18H16N2O2S. The number of nitrogens with zero attached hydrogens (tertiary/aromatic N) is 1. The minimum Gasteiger partial charge on any atom is -0.492 e. The number of ether oxygens (including phenoxy) is 1. The van der Waals surface area contributed by atoms with Gasteiger partial charge in [0.2, 0.25) is 0 Å². The van der Waals surface area contributed by atoms with Gasteiger partial charge < -0.3 is 10.1 Å². The number of rotatable bonds is 6. The molecule has 0 spiro atoms. The van der Waals surface area contributed by atoms with E-state index in [1.165, 1.54) is 0 Å². The molecule has 2 aromatic heterocycles. The zero-order chi connectivity index (χ0) is 15.9. The third-order valence-corrected chi connectivity index (χ3v) is 4.12. The highest BCUT2D eigenvalue weighted by Crippen LogP contribution is 2.24. The number of amides is 1. The van der Waals surface area contributed by atoms with Gasteiger partial charge in [-0.3, -0.25) is 9.78 Å². The van der Waals surface area contributed by atoms with Gasteiger partial charge in [-0.15, -0.1) is 11.3 Å². The summed E-state index contributed by atoms with van der Waals surface area (Å²) in [6, 6.07) is 15.4. The number of carbonyl (C=O) groups excluding carboxylic acids is 1. The number of nitrogens with one attached hydrogen (secondary N) is 1. The second kappa shape index (κ2) is 7.56. The third-order valence-electron chi connectivity index (χ3n) is 3.21. The molecule has 1 N–H and O–H groups in total. The number of pyridine rings is 1. The molecule has 1 amide bonds. The summed E-state index contributed by atoms with van der Waals surface area (Å²) in [5.41, 5.74) is 1.50. The van der Waals surface area contributed by atoms with E-state index < -0.39 is 0 Å². The monoisotopic (exact) mass is 324 g/mol. The Kier molecular flexibility index (Phi) is 5.01. The van der Waals surface area contributed by atoms with Crippen molar-refractivity contribution in [2.24, 2.45) is 0 Å². The van der Waals surface area contributed by atoms with Gasteiger partial charge in [0, 0.05) is 22.8 Å². The first kappa shape index (κ1) is 15.2. The molecular weight excluding hydrogens is 308 g/mol. The molecule has 116 valence electrons. The van der Waals surface area contributed by atoms with Crippen LogP contribution in [0.2, 0.25) is 0 Å². The fourth-order valence-corrected chi connectivity index (χ4v) is 2.80. The maximum Gasteiger partial charge on any atom is 0.252 e. The van der Waals surface area contributed by atoms with Crippen molar-refractivity contribution < 1.29 is 9.53 Å². The molecule has 0 fully saturated rings. The summed E-state index contributed by atoms with van der Waals surface area (Å²) in [5, 5.41) is 4.84. The Hall–Kier alpha value is -2.66. The molecule has 0 radical (unpaired) electrons. The lowest BCUT2D eigenvalue weighted by Gasteiger charge is -2.08. The summed E-state index contributed by atoms with van der Waals surface area (Å²) >= 11 is 1.62. The highest BCUT2D eigenvalue weighted by Gasteiger charge is 2.08. The van der Waals surface area contributed by atoms with Crippen LogP contribution in [0.1, 0.15) is 10.4 Å². The van der Waals surface area contributed by atoms with E-state index >= 15 is 0 Å². The van der Waals surface area contributed by atoms with E-state index in [4.69, 9.17) is 4.74 Å². The number of benzene rings is 1. The normalized spacial score (nSPS) is 10.3. The van der Waals surface area contributed by atoms with Crippen LogP contribution < -0.4 is 10.1 Å². The van der Waals surface area contributed by atoms with Gasteiger partial charge in [-0.25, -0.2) is 0 Å². The lowest BCUT2D eigenvalue weighted by Crippen LogP contribution is -2.28. The first-order valence-corrected chi connectivity index (χ1v) is 8.16. The topological polar surface area (TPSA) is 51.2 Å². The number of hydrogen-bond acceptors (Lipinski definition) is 4. The van der Waals surface area contributed by atoms with Crippen molar-refractivity contribution in [1.29, 1.82) is 0 Å². The molecule has 5 heteroatoms. The Morgan fingerprint density at radius 1 is 1.13 bits per heavy atom. The number of aromatic nitrogens is 1. The van der Waals surface area contributed by atoms with Gasteiger partial charge >= 0.3 is 0 Å². The fourth-order valence-electron chi connectivity index (χ4n) is 2.09. The zero-order valence-corrected chi connectivity index (χ0v) is 13.3. The van der Waals surface area contributed by atoms with Crippen molar-refractivity contribution in [2.75, 3.05) is 13.2 Å². The maximum absolute atomic E-state index is 12.2. The van der Waals surface area contributed by atoms with Crippen LogP contribution in [0.5, 0.6) is 5.75 Å². The molecule has 0 atom stereocenters. The van der Waals surface area contributed by atoms with E-state index in [0.717, 1.165) is 16.2 Å². The highest BCUT2D eigenvalue weighted by molar-refractivity contribution is 7.13.